The van der Waals surface area contributed by atoms with Crippen LogP contribution in [-0.2, 0) is 32.7 Å². The maximum Gasteiger partial charge on any atom is 0.306 e. The third-order valence-corrected chi connectivity index (χ3v) is 12.5. The van der Waals surface area contributed by atoms with E-state index in [1.807, 2.05) is 21.1 Å². The zero-order chi connectivity index (χ0) is 52.0. The average molecular weight is 1010 g/mol. The van der Waals surface area contributed by atoms with E-state index in [-0.39, 0.29) is 26.1 Å². The lowest BCUT2D eigenvalue weighted by Gasteiger charge is -2.28. The van der Waals surface area contributed by atoms with E-state index in [4.69, 9.17) is 18.5 Å². The van der Waals surface area contributed by atoms with Gasteiger partial charge in [-0.15, -0.1) is 0 Å². The Morgan fingerprint density at radius 3 is 1.20 bits per heavy atom. The summed E-state index contributed by atoms with van der Waals surface area (Å²) in [6.45, 7) is 4.05. The fraction of sp³-hybridized carbons (Fsp3) is 0.672. The van der Waals surface area contributed by atoms with Crippen molar-refractivity contribution in [1.29, 1.82) is 0 Å². The first-order valence-electron chi connectivity index (χ1n) is 28.1. The van der Waals surface area contributed by atoms with Crippen LogP contribution in [0.15, 0.2) is 109 Å². The molecule has 9 nitrogen and oxygen atoms in total. The number of hydrogen-bond acceptors (Lipinski definition) is 8. The van der Waals surface area contributed by atoms with Crippen LogP contribution in [0.3, 0.4) is 0 Å². The van der Waals surface area contributed by atoms with Crippen molar-refractivity contribution in [2.45, 2.75) is 219 Å². The molecule has 0 fully saturated rings. The van der Waals surface area contributed by atoms with Gasteiger partial charge in [0, 0.05) is 12.8 Å². The topological polar surface area (TPSA) is 111 Å². The van der Waals surface area contributed by atoms with E-state index >= 15 is 0 Å². The minimum Gasteiger partial charge on any atom is -0.756 e. The molecule has 0 amide bonds. The Hall–Kier alpha value is -3.33. The quantitative estimate of drug-likeness (QED) is 0.0195. The van der Waals surface area contributed by atoms with Gasteiger partial charge in [0.15, 0.2) is 6.10 Å². The predicted octanol–water partition coefficient (Wildman–Crippen LogP) is 16.8. The standard InChI is InChI=1S/C61H104NO8P/c1-6-8-10-12-14-16-18-20-22-23-24-25-26-27-28-29-30-31-32-33-34-35-36-37-38-39-40-42-44-46-48-50-52-54-61(64)70-59(58-69-71(65,66)68-56-55-62(3,4)5)57-67-60(63)53-51-49-47-45-43-41-21-19-17-15-13-11-9-7-2/h8,10,13-16,19-22,24-25,27-28,30-31,33-34,59H,6-7,9,11-12,17-18,23,26,29,32,35-58H2,1-5H3/b10-8-,15-13-,16-14-,21-19-,22-20-,25-24-,28-27-,31-30-,34-33-. The van der Waals surface area contributed by atoms with Gasteiger partial charge in [0.1, 0.15) is 19.8 Å². The van der Waals surface area contributed by atoms with Crippen molar-refractivity contribution in [2.75, 3.05) is 47.5 Å². The monoisotopic (exact) mass is 1010 g/mol. The van der Waals surface area contributed by atoms with Crippen molar-refractivity contribution >= 4 is 19.8 Å². The smallest absolute Gasteiger partial charge is 0.306 e. The van der Waals surface area contributed by atoms with Crippen molar-refractivity contribution in [3.63, 3.8) is 0 Å². The van der Waals surface area contributed by atoms with Gasteiger partial charge < -0.3 is 27.9 Å². The first-order chi connectivity index (χ1) is 34.5. The molecular weight excluding hydrogens is 906 g/mol. The number of carbonyl (C=O) groups is 2. The second kappa shape index (κ2) is 51.6. The van der Waals surface area contributed by atoms with Gasteiger partial charge in [-0.25, -0.2) is 0 Å². The second-order valence-electron chi connectivity index (χ2n) is 19.6. The van der Waals surface area contributed by atoms with Crippen LogP contribution in [0.4, 0.5) is 0 Å². The normalized spacial score (nSPS) is 14.2. The van der Waals surface area contributed by atoms with E-state index in [9.17, 15) is 19.0 Å². The molecule has 406 valence electrons. The summed E-state index contributed by atoms with van der Waals surface area (Å²) in [4.78, 5) is 37.8. The average Bonchev–Trinajstić information content (AvgIpc) is 3.33. The molecule has 0 aromatic rings. The number of allylic oxidation sites excluding steroid dienone is 18. The summed E-state index contributed by atoms with van der Waals surface area (Å²) in [5.74, 6) is -0.859. The van der Waals surface area contributed by atoms with Gasteiger partial charge in [-0.05, 0) is 96.3 Å². The molecule has 0 heterocycles. The van der Waals surface area contributed by atoms with Crippen molar-refractivity contribution < 1.29 is 42.1 Å². The van der Waals surface area contributed by atoms with Crippen LogP contribution in [0.25, 0.3) is 0 Å². The molecule has 0 N–H and O–H groups in total. The van der Waals surface area contributed by atoms with Gasteiger partial charge in [-0.1, -0.05) is 213 Å². The Balaban J connectivity index is 4.15. The molecule has 2 atom stereocenters. The van der Waals surface area contributed by atoms with E-state index in [0.29, 0.717) is 23.9 Å². The van der Waals surface area contributed by atoms with Gasteiger partial charge in [-0.2, -0.15) is 0 Å². The number of hydrogen-bond donors (Lipinski definition) is 0. The van der Waals surface area contributed by atoms with Gasteiger partial charge in [0.05, 0.1) is 27.7 Å². The van der Waals surface area contributed by atoms with E-state index in [1.165, 1.54) is 57.8 Å². The predicted molar refractivity (Wildman–Crippen MR) is 300 cm³/mol. The van der Waals surface area contributed by atoms with Gasteiger partial charge in [0.2, 0.25) is 0 Å². The highest BCUT2D eigenvalue weighted by atomic mass is 31.2. The van der Waals surface area contributed by atoms with Crippen molar-refractivity contribution in [3.05, 3.63) is 109 Å². The molecule has 0 saturated carbocycles. The van der Waals surface area contributed by atoms with Gasteiger partial charge in [0.25, 0.3) is 7.82 Å². The molecule has 0 aromatic carbocycles. The molecule has 71 heavy (non-hydrogen) atoms. The number of unbranched alkanes of at least 4 members (excludes halogenated alkanes) is 18. The first kappa shape index (κ1) is 67.7. The van der Waals surface area contributed by atoms with E-state index in [2.05, 4.69) is 123 Å². The molecule has 0 aromatic heterocycles. The largest absolute Gasteiger partial charge is 0.756 e. The summed E-state index contributed by atoms with van der Waals surface area (Å²) in [5.41, 5.74) is 0. The fourth-order valence-electron chi connectivity index (χ4n) is 7.18. The Bertz CT molecular complexity index is 1570. The molecule has 0 bridgehead atoms. The molecule has 10 heteroatoms. The minimum absolute atomic E-state index is 0.0387. The second-order valence-corrected chi connectivity index (χ2v) is 21.0. The molecule has 0 saturated heterocycles. The first-order valence-corrected chi connectivity index (χ1v) is 29.6. The van der Waals surface area contributed by atoms with Crippen LogP contribution in [0.2, 0.25) is 0 Å². The Labute approximate surface area is 436 Å². The van der Waals surface area contributed by atoms with Crippen LogP contribution >= 0.6 is 7.82 Å². The lowest BCUT2D eigenvalue weighted by atomic mass is 10.0. The van der Waals surface area contributed by atoms with E-state index < -0.39 is 32.5 Å². The number of phosphoric ester groups is 1. The summed E-state index contributed by atoms with van der Waals surface area (Å²) in [6, 6.07) is 0. The van der Waals surface area contributed by atoms with Crippen molar-refractivity contribution in [3.8, 4) is 0 Å². The molecular formula is C61H104NO8P. The molecule has 2 unspecified atom stereocenters. The van der Waals surface area contributed by atoms with E-state index in [1.54, 1.807) is 0 Å². The Kier molecular flexibility index (Phi) is 49.1. The number of likely N-dealkylation sites (N-methyl/N-ethyl adjacent to an activating group) is 1. The molecule has 0 rings (SSSR count). The highest BCUT2D eigenvalue weighted by Crippen LogP contribution is 2.38. The van der Waals surface area contributed by atoms with Crippen LogP contribution in [-0.4, -0.2) is 70.0 Å². The van der Waals surface area contributed by atoms with Gasteiger partial charge >= 0.3 is 11.9 Å². The zero-order valence-corrected chi connectivity index (χ0v) is 46.8. The van der Waals surface area contributed by atoms with Crippen LogP contribution in [0, 0.1) is 0 Å². The SMILES string of the molecule is CC/C=C\C/C=C\C/C=C\C/C=C\C/C=C\C/C=C\C/C=C\CCCCCCCCCCCCCC(=O)OC(COC(=O)CCCCCCC/C=C\C/C=C\CCCC)COP(=O)([O-])OCC[N+](C)(C)C. The van der Waals surface area contributed by atoms with E-state index in [0.717, 1.165) is 116 Å². The number of ether oxygens (including phenoxy) is 2. The lowest BCUT2D eigenvalue weighted by molar-refractivity contribution is -0.870. The summed E-state index contributed by atoms with van der Waals surface area (Å²) in [7, 11) is 1.14. The molecule has 0 aliphatic heterocycles. The summed E-state index contributed by atoms with van der Waals surface area (Å²) in [5, 5.41) is 0. The summed E-state index contributed by atoms with van der Waals surface area (Å²) in [6.07, 6.45) is 71.3. The van der Waals surface area contributed by atoms with Crippen LogP contribution in [0.1, 0.15) is 213 Å². The molecule has 0 aliphatic rings. The third kappa shape index (κ3) is 55.8. The van der Waals surface area contributed by atoms with Gasteiger partial charge in [-0.3, -0.25) is 14.2 Å². The molecule has 0 spiro atoms. The van der Waals surface area contributed by atoms with Crippen LogP contribution < -0.4 is 4.89 Å². The number of rotatable bonds is 50. The number of nitrogens with zero attached hydrogens (tertiary/aromatic N) is 1. The third-order valence-electron chi connectivity index (χ3n) is 11.5. The maximum atomic E-state index is 12.8. The maximum absolute atomic E-state index is 12.8. The summed E-state index contributed by atoms with van der Waals surface area (Å²) >= 11 is 0. The number of phosphoric acid groups is 1. The molecule has 0 radical (unpaired) electrons. The zero-order valence-electron chi connectivity index (χ0n) is 45.9. The van der Waals surface area contributed by atoms with Crippen molar-refractivity contribution in [2.24, 2.45) is 0 Å². The lowest BCUT2D eigenvalue weighted by Crippen LogP contribution is -2.37. The minimum atomic E-state index is -4.64. The van der Waals surface area contributed by atoms with Crippen molar-refractivity contribution in [1.82, 2.24) is 0 Å². The number of esters is 2. The highest BCUT2D eigenvalue weighted by Gasteiger charge is 2.21. The molecule has 0 aliphatic carbocycles. The Morgan fingerprint density at radius 1 is 0.451 bits per heavy atom. The number of carbonyl (C=O) groups excluding carboxylic acids is 2. The number of quaternary nitrogens is 1. The summed E-state index contributed by atoms with van der Waals surface area (Å²) < 4.78 is 34.1. The fourth-order valence-corrected chi connectivity index (χ4v) is 7.91. The Morgan fingerprint density at radius 2 is 0.803 bits per heavy atom. The van der Waals surface area contributed by atoms with Crippen LogP contribution in [0.5, 0.6) is 0 Å². The highest BCUT2D eigenvalue weighted by molar-refractivity contribution is 7.45.